The molecule has 1 saturated heterocycles. The molecule has 0 radical (unpaired) electrons. The van der Waals surface area contributed by atoms with Gasteiger partial charge in [-0.1, -0.05) is 19.1 Å². The lowest BCUT2D eigenvalue weighted by Crippen LogP contribution is -2.35. The number of amides is 2. The number of anilines is 2. The molecule has 3 N–H and O–H groups in total. The molecule has 6 heteroatoms. The first-order valence-electron chi connectivity index (χ1n) is 10.2. The Kier molecular flexibility index (Phi) is 6.75. The van der Waals surface area contributed by atoms with E-state index in [-0.39, 0.29) is 35.6 Å². The Morgan fingerprint density at radius 1 is 1.14 bits per heavy atom. The molecule has 1 fully saturated rings. The number of benzene rings is 2. The zero-order valence-corrected chi connectivity index (χ0v) is 17.1. The van der Waals surface area contributed by atoms with Gasteiger partial charge in [-0.05, 0) is 62.1 Å². The van der Waals surface area contributed by atoms with E-state index in [1.165, 1.54) is 18.9 Å². The van der Waals surface area contributed by atoms with Crippen LogP contribution in [-0.2, 0) is 11.2 Å². The van der Waals surface area contributed by atoms with E-state index < -0.39 is 0 Å². The van der Waals surface area contributed by atoms with Crippen LogP contribution in [0.4, 0.5) is 11.4 Å². The number of hydrogen-bond donors (Lipinski definition) is 3. The Morgan fingerprint density at radius 2 is 1.90 bits per heavy atom. The van der Waals surface area contributed by atoms with Crippen molar-refractivity contribution in [2.24, 2.45) is 0 Å². The fourth-order valence-corrected chi connectivity index (χ4v) is 3.58. The first kappa shape index (κ1) is 20.7. The largest absolute Gasteiger partial charge is 0.507 e. The second-order valence-corrected chi connectivity index (χ2v) is 7.58. The zero-order valence-electron chi connectivity index (χ0n) is 17.1. The average Bonchev–Trinajstić information content (AvgIpc) is 3.23. The summed E-state index contributed by atoms with van der Waals surface area (Å²) in [5, 5.41) is 15.7. The predicted octanol–water partition coefficient (Wildman–Crippen LogP) is 3.70. The highest BCUT2D eigenvalue weighted by atomic mass is 16.3. The second kappa shape index (κ2) is 9.45. The third-order valence-corrected chi connectivity index (χ3v) is 5.18. The molecule has 2 amide bonds. The molecule has 0 aliphatic carbocycles. The summed E-state index contributed by atoms with van der Waals surface area (Å²) >= 11 is 0. The summed E-state index contributed by atoms with van der Waals surface area (Å²) in [6.07, 6.45) is 3.32. The van der Waals surface area contributed by atoms with Crippen LogP contribution in [0.1, 0.15) is 49.0 Å². The van der Waals surface area contributed by atoms with Crippen LogP contribution in [0, 0.1) is 0 Å². The van der Waals surface area contributed by atoms with Gasteiger partial charge in [-0.3, -0.25) is 9.59 Å². The lowest BCUT2D eigenvalue weighted by molar-refractivity contribution is -0.116. The third kappa shape index (κ3) is 5.50. The number of carbonyl (C=O) groups is 2. The molecule has 6 nitrogen and oxygen atoms in total. The first-order valence-corrected chi connectivity index (χ1v) is 10.2. The Hall–Kier alpha value is -3.02. The van der Waals surface area contributed by atoms with Crippen molar-refractivity contribution >= 4 is 23.2 Å². The fourth-order valence-electron chi connectivity index (χ4n) is 3.58. The minimum Gasteiger partial charge on any atom is -0.507 e. The molecule has 1 atom stereocenters. The van der Waals surface area contributed by atoms with Gasteiger partial charge in [-0.25, -0.2) is 0 Å². The minimum atomic E-state index is -0.380. The van der Waals surface area contributed by atoms with Gasteiger partial charge in [-0.15, -0.1) is 0 Å². The van der Waals surface area contributed by atoms with Crippen LogP contribution >= 0.6 is 0 Å². The number of phenols is 1. The number of aromatic hydroxyl groups is 1. The van der Waals surface area contributed by atoms with Gasteiger partial charge >= 0.3 is 0 Å². The number of nitrogens with zero attached hydrogens (tertiary/aromatic N) is 1. The number of aryl methyl sites for hydroxylation is 1. The van der Waals surface area contributed by atoms with E-state index in [9.17, 15) is 14.7 Å². The van der Waals surface area contributed by atoms with E-state index in [0.29, 0.717) is 0 Å². The van der Waals surface area contributed by atoms with Gasteiger partial charge in [0.25, 0.3) is 5.91 Å². The molecule has 0 aromatic heterocycles. The molecule has 3 rings (SSSR count). The molecule has 154 valence electrons. The van der Waals surface area contributed by atoms with Gasteiger partial charge in [0.15, 0.2) is 0 Å². The van der Waals surface area contributed by atoms with Gasteiger partial charge in [0.2, 0.25) is 5.91 Å². The Morgan fingerprint density at radius 3 is 2.62 bits per heavy atom. The fraction of sp³-hybridized carbons (Fsp3) is 0.391. The summed E-state index contributed by atoms with van der Waals surface area (Å²) in [5.41, 5.74) is 3.07. The van der Waals surface area contributed by atoms with Gasteiger partial charge in [0, 0.05) is 36.9 Å². The average molecular weight is 396 g/mol. The van der Waals surface area contributed by atoms with Gasteiger partial charge < -0.3 is 20.6 Å². The van der Waals surface area contributed by atoms with Crippen LogP contribution in [0.2, 0.25) is 0 Å². The van der Waals surface area contributed by atoms with Crippen molar-refractivity contribution in [2.75, 3.05) is 23.3 Å². The summed E-state index contributed by atoms with van der Waals surface area (Å²) in [5.74, 6) is -0.605. The van der Waals surface area contributed by atoms with E-state index in [2.05, 4.69) is 21.6 Å². The molecule has 0 spiro atoms. The number of rotatable bonds is 7. The van der Waals surface area contributed by atoms with Crippen molar-refractivity contribution in [3.8, 4) is 5.75 Å². The molecule has 1 aliphatic heterocycles. The monoisotopic (exact) mass is 395 g/mol. The van der Waals surface area contributed by atoms with Crippen molar-refractivity contribution in [1.82, 2.24) is 5.32 Å². The van der Waals surface area contributed by atoms with Gasteiger partial charge in [-0.2, -0.15) is 0 Å². The van der Waals surface area contributed by atoms with Crippen molar-refractivity contribution in [3.05, 3.63) is 53.6 Å². The van der Waals surface area contributed by atoms with Crippen LogP contribution in [0.5, 0.6) is 5.75 Å². The standard InChI is InChI=1S/C23H29N3O3/c1-3-17-9-10-21(27)20(14-17)23(29)24-16(2)13-22(28)25-18-7-6-8-19(15-18)26-11-4-5-12-26/h6-10,14-16,27H,3-5,11-13H2,1-2H3,(H,24,29)(H,25,28). The maximum Gasteiger partial charge on any atom is 0.255 e. The number of hydrogen-bond acceptors (Lipinski definition) is 4. The van der Waals surface area contributed by atoms with E-state index in [1.807, 2.05) is 25.1 Å². The molecule has 0 bridgehead atoms. The highest BCUT2D eigenvalue weighted by molar-refractivity contribution is 5.98. The van der Waals surface area contributed by atoms with E-state index in [4.69, 9.17) is 0 Å². The smallest absolute Gasteiger partial charge is 0.255 e. The maximum absolute atomic E-state index is 12.5. The maximum atomic E-state index is 12.5. The Balaban J connectivity index is 1.55. The van der Waals surface area contributed by atoms with Gasteiger partial charge in [0.05, 0.1) is 5.56 Å². The summed E-state index contributed by atoms with van der Waals surface area (Å²) in [6, 6.07) is 12.5. The SMILES string of the molecule is CCc1ccc(O)c(C(=O)NC(C)CC(=O)Nc2cccc(N3CCCC3)c2)c1. The molecule has 0 saturated carbocycles. The van der Waals surface area contributed by atoms with Crippen molar-refractivity contribution in [1.29, 1.82) is 0 Å². The predicted molar refractivity (Wildman–Crippen MR) is 116 cm³/mol. The normalized spacial score (nSPS) is 14.5. The third-order valence-electron chi connectivity index (χ3n) is 5.18. The molecular weight excluding hydrogens is 366 g/mol. The highest BCUT2D eigenvalue weighted by Crippen LogP contribution is 2.23. The number of nitrogens with one attached hydrogen (secondary N) is 2. The van der Waals surface area contributed by atoms with Gasteiger partial charge in [0.1, 0.15) is 5.75 Å². The minimum absolute atomic E-state index is 0.0601. The van der Waals surface area contributed by atoms with Crippen molar-refractivity contribution in [3.63, 3.8) is 0 Å². The lowest BCUT2D eigenvalue weighted by Gasteiger charge is -2.19. The lowest BCUT2D eigenvalue weighted by atomic mass is 10.1. The van der Waals surface area contributed by atoms with E-state index in [1.54, 1.807) is 19.1 Å². The number of phenolic OH excluding ortho intramolecular Hbond substituents is 1. The Labute approximate surface area is 171 Å². The van der Waals surface area contributed by atoms with Crippen LogP contribution < -0.4 is 15.5 Å². The van der Waals surface area contributed by atoms with Crippen LogP contribution in [0.25, 0.3) is 0 Å². The zero-order chi connectivity index (χ0) is 20.8. The quantitative estimate of drug-likeness (QED) is 0.668. The second-order valence-electron chi connectivity index (χ2n) is 7.58. The number of carbonyl (C=O) groups excluding carboxylic acids is 2. The molecule has 1 aliphatic rings. The highest BCUT2D eigenvalue weighted by Gasteiger charge is 2.17. The van der Waals surface area contributed by atoms with E-state index in [0.717, 1.165) is 36.4 Å². The molecule has 1 heterocycles. The van der Waals surface area contributed by atoms with Crippen LogP contribution in [0.15, 0.2) is 42.5 Å². The van der Waals surface area contributed by atoms with Crippen molar-refractivity contribution < 1.29 is 14.7 Å². The molecule has 1 unspecified atom stereocenters. The summed E-state index contributed by atoms with van der Waals surface area (Å²) < 4.78 is 0. The van der Waals surface area contributed by atoms with Crippen LogP contribution in [0.3, 0.4) is 0 Å². The van der Waals surface area contributed by atoms with Crippen LogP contribution in [-0.4, -0.2) is 36.1 Å². The molecule has 2 aromatic rings. The summed E-state index contributed by atoms with van der Waals surface area (Å²) in [6.45, 7) is 5.86. The van der Waals surface area contributed by atoms with E-state index >= 15 is 0 Å². The first-order chi connectivity index (χ1) is 14.0. The molecule has 2 aromatic carbocycles. The topological polar surface area (TPSA) is 81.7 Å². The molecular formula is C23H29N3O3. The molecule has 29 heavy (non-hydrogen) atoms. The summed E-state index contributed by atoms with van der Waals surface area (Å²) in [7, 11) is 0. The summed E-state index contributed by atoms with van der Waals surface area (Å²) in [4.78, 5) is 27.2. The Bertz CT molecular complexity index is 875. The van der Waals surface area contributed by atoms with Crippen molar-refractivity contribution in [2.45, 2.75) is 45.6 Å².